The number of methoxy groups -OCH3 is 1. The standard InChI is InChI=1S/C13H16O3S/c1-9(17)6-12(14)8-10-4-3-5-11(7-10)13(15)16-2/h3-5,7,9,17H,6,8H2,1-2H3. The molecule has 4 heteroatoms. The second-order valence-electron chi connectivity index (χ2n) is 3.96. The minimum Gasteiger partial charge on any atom is -0.465 e. The highest BCUT2D eigenvalue weighted by Crippen LogP contribution is 2.10. The third kappa shape index (κ3) is 4.61. The summed E-state index contributed by atoms with van der Waals surface area (Å²) >= 11 is 4.18. The molecule has 0 aromatic heterocycles. The van der Waals surface area contributed by atoms with Gasteiger partial charge in [-0.3, -0.25) is 4.79 Å². The van der Waals surface area contributed by atoms with Crippen molar-refractivity contribution in [3.63, 3.8) is 0 Å². The lowest BCUT2D eigenvalue weighted by Crippen LogP contribution is -2.09. The van der Waals surface area contributed by atoms with Crippen LogP contribution in [0.1, 0.15) is 29.3 Å². The minimum absolute atomic E-state index is 0.0614. The maximum Gasteiger partial charge on any atom is 0.337 e. The van der Waals surface area contributed by atoms with Crippen LogP contribution in [0.3, 0.4) is 0 Å². The zero-order valence-corrected chi connectivity index (χ0v) is 10.9. The Morgan fingerprint density at radius 1 is 1.41 bits per heavy atom. The van der Waals surface area contributed by atoms with Crippen LogP contribution in [0.5, 0.6) is 0 Å². The molecule has 1 rings (SSSR count). The van der Waals surface area contributed by atoms with Gasteiger partial charge in [0.15, 0.2) is 0 Å². The van der Waals surface area contributed by atoms with E-state index in [1.165, 1.54) is 7.11 Å². The summed E-state index contributed by atoms with van der Waals surface area (Å²) in [6, 6.07) is 6.93. The molecule has 1 unspecified atom stereocenters. The van der Waals surface area contributed by atoms with Gasteiger partial charge in [-0.25, -0.2) is 4.79 Å². The van der Waals surface area contributed by atoms with Gasteiger partial charge in [0, 0.05) is 18.1 Å². The van der Waals surface area contributed by atoms with E-state index < -0.39 is 0 Å². The number of rotatable bonds is 5. The Bertz CT molecular complexity index is 413. The van der Waals surface area contributed by atoms with Crippen molar-refractivity contribution in [2.75, 3.05) is 7.11 Å². The zero-order valence-electron chi connectivity index (χ0n) is 9.97. The van der Waals surface area contributed by atoms with Crippen LogP contribution >= 0.6 is 12.6 Å². The van der Waals surface area contributed by atoms with Crippen LogP contribution in [-0.4, -0.2) is 24.1 Å². The first-order valence-corrected chi connectivity index (χ1v) is 5.91. The molecule has 0 spiro atoms. The SMILES string of the molecule is COC(=O)c1cccc(CC(=O)CC(C)S)c1. The number of hydrogen-bond acceptors (Lipinski definition) is 4. The number of carbonyl (C=O) groups is 2. The molecule has 0 heterocycles. The van der Waals surface area contributed by atoms with Crippen LogP contribution in [-0.2, 0) is 16.0 Å². The summed E-state index contributed by atoms with van der Waals surface area (Å²) < 4.78 is 4.62. The topological polar surface area (TPSA) is 43.4 Å². The first kappa shape index (κ1) is 13.8. The number of thiol groups is 1. The van der Waals surface area contributed by atoms with Gasteiger partial charge in [0.25, 0.3) is 0 Å². The average Bonchev–Trinajstić information content (AvgIpc) is 2.27. The molecule has 17 heavy (non-hydrogen) atoms. The van der Waals surface area contributed by atoms with Gasteiger partial charge in [0.05, 0.1) is 12.7 Å². The third-order valence-electron chi connectivity index (χ3n) is 2.27. The summed E-state index contributed by atoms with van der Waals surface area (Å²) in [5.41, 5.74) is 1.30. The van der Waals surface area contributed by atoms with Crippen molar-refractivity contribution in [2.24, 2.45) is 0 Å². The highest BCUT2D eigenvalue weighted by molar-refractivity contribution is 7.80. The molecule has 0 radical (unpaired) electrons. The lowest BCUT2D eigenvalue weighted by Gasteiger charge is -2.05. The van der Waals surface area contributed by atoms with Crippen molar-refractivity contribution in [2.45, 2.75) is 25.0 Å². The number of hydrogen-bond donors (Lipinski definition) is 1. The van der Waals surface area contributed by atoms with E-state index in [0.717, 1.165) is 5.56 Å². The molecule has 0 bridgehead atoms. The second kappa shape index (κ2) is 6.45. The molecule has 1 aromatic carbocycles. The Hall–Kier alpha value is -1.29. The van der Waals surface area contributed by atoms with E-state index in [1.807, 2.05) is 13.0 Å². The number of ketones is 1. The monoisotopic (exact) mass is 252 g/mol. The van der Waals surface area contributed by atoms with Gasteiger partial charge in [0.1, 0.15) is 5.78 Å². The van der Waals surface area contributed by atoms with Crippen molar-refractivity contribution in [1.29, 1.82) is 0 Å². The molecule has 3 nitrogen and oxygen atoms in total. The maximum atomic E-state index is 11.6. The van der Waals surface area contributed by atoms with Gasteiger partial charge in [-0.05, 0) is 17.7 Å². The molecule has 0 aliphatic rings. The van der Waals surface area contributed by atoms with Gasteiger partial charge in [0.2, 0.25) is 0 Å². The summed E-state index contributed by atoms with van der Waals surface area (Å²) in [5.74, 6) is -0.267. The van der Waals surface area contributed by atoms with Crippen LogP contribution in [0.2, 0.25) is 0 Å². The summed E-state index contributed by atoms with van der Waals surface area (Å²) in [6.45, 7) is 1.88. The van der Waals surface area contributed by atoms with Crippen molar-refractivity contribution in [1.82, 2.24) is 0 Å². The van der Waals surface area contributed by atoms with Crippen LogP contribution in [0, 0.1) is 0 Å². The molecule has 0 aliphatic carbocycles. The average molecular weight is 252 g/mol. The molecular weight excluding hydrogens is 236 g/mol. The molecule has 0 amide bonds. The first-order chi connectivity index (χ1) is 8.02. The van der Waals surface area contributed by atoms with Crippen molar-refractivity contribution in [3.8, 4) is 0 Å². The Labute approximate surface area is 107 Å². The lowest BCUT2D eigenvalue weighted by atomic mass is 10.0. The number of esters is 1. The van der Waals surface area contributed by atoms with E-state index in [-0.39, 0.29) is 17.0 Å². The maximum absolute atomic E-state index is 11.6. The van der Waals surface area contributed by atoms with Gasteiger partial charge in [-0.2, -0.15) is 12.6 Å². The number of Topliss-reactive ketones (excluding diaryl/α,β-unsaturated/α-hetero) is 1. The summed E-state index contributed by atoms with van der Waals surface area (Å²) in [4.78, 5) is 22.9. The highest BCUT2D eigenvalue weighted by atomic mass is 32.1. The van der Waals surface area contributed by atoms with Crippen molar-refractivity contribution >= 4 is 24.4 Å². The Morgan fingerprint density at radius 3 is 2.71 bits per heavy atom. The molecule has 0 fully saturated rings. The summed E-state index contributed by atoms with van der Waals surface area (Å²) in [7, 11) is 1.34. The van der Waals surface area contributed by atoms with Crippen molar-refractivity contribution < 1.29 is 14.3 Å². The lowest BCUT2D eigenvalue weighted by molar-refractivity contribution is -0.118. The Kier molecular flexibility index (Phi) is 5.22. The van der Waals surface area contributed by atoms with E-state index >= 15 is 0 Å². The van der Waals surface area contributed by atoms with Gasteiger partial charge >= 0.3 is 5.97 Å². The molecule has 1 aromatic rings. The zero-order chi connectivity index (χ0) is 12.8. The van der Waals surface area contributed by atoms with Gasteiger partial charge < -0.3 is 4.74 Å². The van der Waals surface area contributed by atoms with Crippen LogP contribution in [0.15, 0.2) is 24.3 Å². The van der Waals surface area contributed by atoms with Crippen molar-refractivity contribution in [3.05, 3.63) is 35.4 Å². The van der Waals surface area contributed by atoms with E-state index in [2.05, 4.69) is 17.4 Å². The fourth-order valence-electron chi connectivity index (χ4n) is 1.56. The van der Waals surface area contributed by atoms with Gasteiger partial charge in [-0.15, -0.1) is 0 Å². The third-order valence-corrected chi connectivity index (χ3v) is 2.46. The second-order valence-corrected chi connectivity index (χ2v) is 4.84. The van der Waals surface area contributed by atoms with Crippen LogP contribution in [0.4, 0.5) is 0 Å². The van der Waals surface area contributed by atoms with E-state index in [4.69, 9.17) is 0 Å². The smallest absolute Gasteiger partial charge is 0.337 e. The van der Waals surface area contributed by atoms with E-state index in [1.54, 1.807) is 18.2 Å². The highest BCUT2D eigenvalue weighted by Gasteiger charge is 2.09. The predicted molar refractivity (Wildman–Crippen MR) is 69.6 cm³/mol. The molecule has 0 saturated heterocycles. The van der Waals surface area contributed by atoms with Crippen LogP contribution in [0.25, 0.3) is 0 Å². The molecule has 92 valence electrons. The molecule has 0 aliphatic heterocycles. The Morgan fingerprint density at radius 2 is 2.12 bits per heavy atom. The minimum atomic E-state index is -0.387. The van der Waals surface area contributed by atoms with Gasteiger partial charge in [-0.1, -0.05) is 19.1 Å². The Balaban J connectivity index is 2.72. The fourth-order valence-corrected chi connectivity index (χ4v) is 1.76. The quantitative estimate of drug-likeness (QED) is 0.646. The summed E-state index contributed by atoms with van der Waals surface area (Å²) in [6.07, 6.45) is 0.765. The van der Waals surface area contributed by atoms with Crippen LogP contribution < -0.4 is 0 Å². The molecular formula is C13H16O3S. The number of ether oxygens (including phenoxy) is 1. The van der Waals surface area contributed by atoms with E-state index in [0.29, 0.717) is 18.4 Å². The first-order valence-electron chi connectivity index (χ1n) is 5.40. The molecule has 1 atom stereocenters. The normalized spacial score (nSPS) is 11.9. The largest absolute Gasteiger partial charge is 0.465 e. The summed E-state index contributed by atoms with van der Waals surface area (Å²) in [5, 5.41) is 0.0614. The molecule has 0 N–H and O–H groups in total. The predicted octanol–water partition coefficient (Wildman–Crippen LogP) is 2.29. The number of carbonyl (C=O) groups excluding carboxylic acids is 2. The fraction of sp³-hybridized carbons (Fsp3) is 0.385. The molecule has 0 saturated carbocycles. The van der Waals surface area contributed by atoms with E-state index in [9.17, 15) is 9.59 Å². The number of benzene rings is 1.